The molecule has 8 heteroatoms. The normalized spacial score (nSPS) is 11.8. The summed E-state index contributed by atoms with van der Waals surface area (Å²) in [6, 6.07) is 11.4. The maximum Gasteiger partial charge on any atom is 0.273 e. The van der Waals surface area contributed by atoms with Gasteiger partial charge in [0.25, 0.3) is 5.56 Å². The van der Waals surface area contributed by atoms with Crippen molar-refractivity contribution in [2.45, 2.75) is 45.6 Å². The lowest BCUT2D eigenvalue weighted by Crippen LogP contribution is -2.27. The van der Waals surface area contributed by atoms with E-state index >= 15 is 0 Å². The average molecular weight is 427 g/mol. The zero-order valence-corrected chi connectivity index (χ0v) is 18.0. The van der Waals surface area contributed by atoms with Crippen molar-refractivity contribution < 1.29 is 9.53 Å². The van der Waals surface area contributed by atoms with E-state index < -0.39 is 0 Å². The lowest BCUT2D eigenvalue weighted by molar-refractivity contribution is -0.121. The zero-order valence-electron chi connectivity index (χ0n) is 17.2. The first-order chi connectivity index (χ1) is 14.5. The topological polar surface area (TPSA) is 97.0 Å². The summed E-state index contributed by atoms with van der Waals surface area (Å²) in [6.07, 6.45) is 2.31. The molecule has 2 N–H and O–H groups in total. The molecule has 0 aliphatic rings. The summed E-state index contributed by atoms with van der Waals surface area (Å²) in [4.78, 5) is 28.3. The van der Waals surface area contributed by atoms with Crippen LogP contribution in [-0.4, -0.2) is 33.7 Å². The number of hydrogen-bond donors (Lipinski definition) is 2. The highest BCUT2D eigenvalue weighted by Crippen LogP contribution is 2.19. The largest absolute Gasteiger partial charge is 0.491 e. The van der Waals surface area contributed by atoms with Gasteiger partial charge in [0.1, 0.15) is 11.4 Å². The van der Waals surface area contributed by atoms with E-state index in [2.05, 4.69) is 27.4 Å². The standard InChI is InChI=1S/C22H26N4O3S/c1-3-15(2)29-17-8-6-16(7-9-17)21-24-22(28)19(25-26-21)10-11-20(27)23-13-12-18-5-4-14-30-18/h4-9,14-15H,3,10-13H2,1-2H3,(H,23,27)(H,24,26,28). The van der Waals surface area contributed by atoms with Gasteiger partial charge in [-0.05, 0) is 55.5 Å². The molecule has 3 rings (SSSR count). The third-order valence-corrected chi connectivity index (χ3v) is 5.60. The molecule has 2 heterocycles. The van der Waals surface area contributed by atoms with Crippen LogP contribution in [0.5, 0.6) is 5.75 Å². The molecule has 0 spiro atoms. The first-order valence-electron chi connectivity index (χ1n) is 10.1. The van der Waals surface area contributed by atoms with Crippen LogP contribution >= 0.6 is 11.3 Å². The van der Waals surface area contributed by atoms with E-state index in [9.17, 15) is 9.59 Å². The van der Waals surface area contributed by atoms with Crippen LogP contribution in [0.2, 0.25) is 0 Å². The summed E-state index contributed by atoms with van der Waals surface area (Å²) in [5, 5.41) is 13.0. The van der Waals surface area contributed by atoms with Crippen LogP contribution in [-0.2, 0) is 17.6 Å². The number of aryl methyl sites for hydroxylation is 1. The van der Waals surface area contributed by atoms with Crippen LogP contribution in [0.4, 0.5) is 0 Å². The molecule has 30 heavy (non-hydrogen) atoms. The molecule has 0 saturated heterocycles. The van der Waals surface area contributed by atoms with Gasteiger partial charge in [0.15, 0.2) is 5.82 Å². The monoisotopic (exact) mass is 426 g/mol. The fourth-order valence-electron chi connectivity index (χ4n) is 2.76. The number of thiophene rings is 1. The fraction of sp³-hybridized carbons (Fsp3) is 0.364. The molecular weight excluding hydrogens is 400 g/mol. The van der Waals surface area contributed by atoms with Crippen molar-refractivity contribution in [3.63, 3.8) is 0 Å². The second-order valence-corrected chi connectivity index (χ2v) is 8.02. The van der Waals surface area contributed by atoms with Crippen molar-refractivity contribution in [1.82, 2.24) is 20.5 Å². The van der Waals surface area contributed by atoms with Gasteiger partial charge in [0.2, 0.25) is 5.91 Å². The van der Waals surface area contributed by atoms with Crippen LogP contribution in [0.3, 0.4) is 0 Å². The Morgan fingerprint density at radius 1 is 1.20 bits per heavy atom. The smallest absolute Gasteiger partial charge is 0.273 e. The van der Waals surface area contributed by atoms with Crippen LogP contribution in [0, 0.1) is 0 Å². The maximum atomic E-state index is 12.3. The molecular formula is C22H26N4O3S. The Labute approximate surface area is 179 Å². The van der Waals surface area contributed by atoms with Crippen molar-refractivity contribution in [2.75, 3.05) is 6.54 Å². The van der Waals surface area contributed by atoms with E-state index in [0.29, 0.717) is 12.4 Å². The van der Waals surface area contributed by atoms with Crippen LogP contribution in [0.25, 0.3) is 11.4 Å². The van der Waals surface area contributed by atoms with Gasteiger partial charge in [0.05, 0.1) is 6.10 Å². The lowest BCUT2D eigenvalue weighted by Gasteiger charge is -2.12. The molecule has 2 aromatic heterocycles. The summed E-state index contributed by atoms with van der Waals surface area (Å²) in [7, 11) is 0. The maximum absolute atomic E-state index is 12.3. The number of H-pyrrole nitrogens is 1. The van der Waals surface area contributed by atoms with Gasteiger partial charge >= 0.3 is 0 Å². The Bertz CT molecular complexity index is 1000. The molecule has 0 aliphatic heterocycles. The molecule has 0 saturated carbocycles. The summed E-state index contributed by atoms with van der Waals surface area (Å²) in [5.74, 6) is 1.05. The number of amides is 1. The molecule has 1 unspecified atom stereocenters. The molecule has 0 fully saturated rings. The zero-order chi connectivity index (χ0) is 21.3. The molecule has 1 aromatic carbocycles. The number of carbonyl (C=O) groups excluding carboxylic acids is 1. The molecule has 0 radical (unpaired) electrons. The van der Waals surface area contributed by atoms with Gasteiger partial charge in [-0.2, -0.15) is 0 Å². The van der Waals surface area contributed by atoms with Crippen LogP contribution in [0.1, 0.15) is 37.3 Å². The van der Waals surface area contributed by atoms with Gasteiger partial charge in [-0.3, -0.25) is 9.59 Å². The summed E-state index contributed by atoms with van der Waals surface area (Å²) in [6.45, 7) is 4.66. The van der Waals surface area contributed by atoms with E-state index in [4.69, 9.17) is 4.74 Å². The third kappa shape index (κ3) is 6.25. The van der Waals surface area contributed by atoms with Crippen molar-refractivity contribution in [2.24, 2.45) is 0 Å². The molecule has 1 amide bonds. The summed E-state index contributed by atoms with van der Waals surface area (Å²) in [5.41, 5.74) is 0.671. The second-order valence-electron chi connectivity index (χ2n) is 6.99. The van der Waals surface area contributed by atoms with E-state index in [0.717, 1.165) is 24.2 Å². The quantitative estimate of drug-likeness (QED) is 0.518. The molecule has 7 nitrogen and oxygen atoms in total. The van der Waals surface area contributed by atoms with Gasteiger partial charge in [0, 0.05) is 29.8 Å². The Morgan fingerprint density at radius 2 is 2.00 bits per heavy atom. The number of nitrogens with zero attached hydrogens (tertiary/aromatic N) is 2. The number of ether oxygens (including phenoxy) is 1. The Kier molecular flexibility index (Phi) is 7.73. The highest BCUT2D eigenvalue weighted by atomic mass is 32.1. The number of aromatic nitrogens is 3. The number of nitrogens with one attached hydrogen (secondary N) is 2. The first kappa shape index (κ1) is 21.7. The Morgan fingerprint density at radius 3 is 2.67 bits per heavy atom. The molecule has 0 aliphatic carbocycles. The molecule has 158 valence electrons. The molecule has 1 atom stereocenters. The van der Waals surface area contributed by atoms with Gasteiger partial charge in [-0.25, -0.2) is 0 Å². The SMILES string of the molecule is CCC(C)Oc1ccc(-c2nnc(CCC(=O)NCCc3cccs3)c(=O)[nH]2)cc1. The van der Waals surface area contributed by atoms with Crippen LogP contribution in [0.15, 0.2) is 46.6 Å². The summed E-state index contributed by atoms with van der Waals surface area (Å²) >= 11 is 1.67. The second kappa shape index (κ2) is 10.7. The van der Waals surface area contributed by atoms with Gasteiger partial charge in [-0.15, -0.1) is 21.5 Å². The molecule has 0 bridgehead atoms. The van der Waals surface area contributed by atoms with E-state index in [1.807, 2.05) is 48.7 Å². The van der Waals surface area contributed by atoms with Crippen molar-refractivity contribution in [1.29, 1.82) is 0 Å². The van der Waals surface area contributed by atoms with Crippen molar-refractivity contribution in [3.05, 3.63) is 62.7 Å². The number of benzene rings is 1. The highest BCUT2D eigenvalue weighted by molar-refractivity contribution is 7.09. The van der Waals surface area contributed by atoms with E-state index in [1.54, 1.807) is 11.3 Å². The van der Waals surface area contributed by atoms with Gasteiger partial charge in [-0.1, -0.05) is 13.0 Å². The Balaban J connectivity index is 1.52. The van der Waals surface area contributed by atoms with Crippen molar-refractivity contribution >= 4 is 17.2 Å². The van der Waals surface area contributed by atoms with Crippen molar-refractivity contribution in [3.8, 4) is 17.1 Å². The van der Waals surface area contributed by atoms with E-state index in [-0.39, 0.29) is 36.1 Å². The van der Waals surface area contributed by atoms with E-state index in [1.165, 1.54) is 4.88 Å². The first-order valence-corrected chi connectivity index (χ1v) is 10.9. The minimum Gasteiger partial charge on any atom is -0.491 e. The highest BCUT2D eigenvalue weighted by Gasteiger charge is 2.10. The average Bonchev–Trinajstić information content (AvgIpc) is 3.27. The Hall–Kier alpha value is -3.00. The van der Waals surface area contributed by atoms with Crippen LogP contribution < -0.4 is 15.6 Å². The predicted molar refractivity (Wildman–Crippen MR) is 118 cm³/mol. The van der Waals surface area contributed by atoms with Gasteiger partial charge < -0.3 is 15.0 Å². The lowest BCUT2D eigenvalue weighted by atomic mass is 10.2. The summed E-state index contributed by atoms with van der Waals surface area (Å²) < 4.78 is 5.76. The fourth-order valence-corrected chi connectivity index (χ4v) is 3.47. The third-order valence-electron chi connectivity index (χ3n) is 4.67. The predicted octanol–water partition coefficient (Wildman–Crippen LogP) is 3.36. The number of aromatic amines is 1. The molecule has 3 aromatic rings. The minimum absolute atomic E-state index is 0.103. The number of rotatable bonds is 10. The number of hydrogen-bond acceptors (Lipinski definition) is 6. The minimum atomic E-state index is -0.327. The number of carbonyl (C=O) groups is 1.